The lowest BCUT2D eigenvalue weighted by molar-refractivity contribution is -0.384. The van der Waals surface area contributed by atoms with Gasteiger partial charge in [-0.1, -0.05) is 0 Å². The number of aromatic nitrogens is 2. The minimum atomic E-state index is -0.407. The molecule has 0 amide bonds. The molecule has 122 valence electrons. The molecule has 24 heavy (non-hydrogen) atoms. The van der Waals surface area contributed by atoms with E-state index in [0.29, 0.717) is 12.5 Å². The number of fused-ring (bicyclic) bond motifs is 3. The molecule has 0 N–H and O–H groups in total. The normalized spacial score (nSPS) is 13.7. The standard InChI is InChI=1S/C17H15N3O3S/c21-20(22)12-7-5-11(6-8-12)9-23-16-15-13-3-1-2-4-14(13)24-17(15)19-10-18-16/h5-8,10H,1-4,9H2. The van der Waals surface area contributed by atoms with Crippen molar-refractivity contribution < 1.29 is 9.66 Å². The summed E-state index contributed by atoms with van der Waals surface area (Å²) in [4.78, 5) is 21.4. The van der Waals surface area contributed by atoms with Crippen LogP contribution in [0.1, 0.15) is 28.8 Å². The summed E-state index contributed by atoms with van der Waals surface area (Å²) in [5.41, 5.74) is 2.28. The van der Waals surface area contributed by atoms with E-state index >= 15 is 0 Å². The number of nitro benzene ring substituents is 1. The van der Waals surface area contributed by atoms with Crippen LogP contribution < -0.4 is 4.74 Å². The summed E-state index contributed by atoms with van der Waals surface area (Å²) in [5.74, 6) is 0.609. The number of hydrogen-bond donors (Lipinski definition) is 0. The number of thiophene rings is 1. The Hall–Kier alpha value is -2.54. The molecule has 0 radical (unpaired) electrons. The van der Waals surface area contributed by atoms with E-state index in [4.69, 9.17) is 4.74 Å². The minimum Gasteiger partial charge on any atom is -0.472 e. The van der Waals surface area contributed by atoms with Crippen LogP contribution in [0.3, 0.4) is 0 Å². The summed E-state index contributed by atoms with van der Waals surface area (Å²) in [5, 5.41) is 11.7. The van der Waals surface area contributed by atoms with Gasteiger partial charge in [0.15, 0.2) is 0 Å². The summed E-state index contributed by atoms with van der Waals surface area (Å²) in [6.07, 6.45) is 6.12. The molecule has 3 aromatic rings. The second-order valence-electron chi connectivity index (χ2n) is 5.78. The van der Waals surface area contributed by atoms with Crippen LogP contribution in [0.25, 0.3) is 10.2 Å². The predicted molar refractivity (Wildman–Crippen MR) is 91.5 cm³/mol. The average molecular weight is 341 g/mol. The lowest BCUT2D eigenvalue weighted by Gasteiger charge is -2.12. The molecule has 7 heteroatoms. The van der Waals surface area contributed by atoms with Gasteiger partial charge in [-0.15, -0.1) is 11.3 Å². The van der Waals surface area contributed by atoms with Gasteiger partial charge in [0, 0.05) is 17.0 Å². The van der Waals surface area contributed by atoms with Crippen molar-refractivity contribution in [2.45, 2.75) is 32.3 Å². The van der Waals surface area contributed by atoms with Crippen LogP contribution in [-0.2, 0) is 19.4 Å². The predicted octanol–water partition coefficient (Wildman–Crippen LogP) is 4.06. The first-order valence-corrected chi connectivity index (χ1v) is 8.65. The third-order valence-corrected chi connectivity index (χ3v) is 5.44. The largest absolute Gasteiger partial charge is 0.472 e. The number of nitrogens with zero attached hydrogens (tertiary/aromatic N) is 3. The third kappa shape index (κ3) is 2.71. The highest BCUT2D eigenvalue weighted by Gasteiger charge is 2.20. The summed E-state index contributed by atoms with van der Waals surface area (Å²) >= 11 is 1.73. The Bertz CT molecular complexity index is 905. The molecule has 0 aliphatic heterocycles. The fourth-order valence-electron chi connectivity index (χ4n) is 3.04. The zero-order valence-corrected chi connectivity index (χ0v) is 13.7. The summed E-state index contributed by atoms with van der Waals surface area (Å²) in [7, 11) is 0. The van der Waals surface area contributed by atoms with Crippen molar-refractivity contribution in [3.05, 3.63) is 56.7 Å². The lowest BCUT2D eigenvalue weighted by Crippen LogP contribution is -2.02. The van der Waals surface area contributed by atoms with Crippen molar-refractivity contribution in [3.8, 4) is 5.88 Å². The molecule has 0 atom stereocenters. The molecule has 0 fully saturated rings. The van der Waals surface area contributed by atoms with Crippen LogP contribution >= 0.6 is 11.3 Å². The summed E-state index contributed by atoms with van der Waals surface area (Å²) in [6.45, 7) is 0.328. The number of benzene rings is 1. The summed E-state index contributed by atoms with van der Waals surface area (Å²) in [6, 6.07) is 6.39. The van der Waals surface area contributed by atoms with Gasteiger partial charge in [-0.05, 0) is 48.9 Å². The van der Waals surface area contributed by atoms with E-state index in [1.165, 1.54) is 41.7 Å². The van der Waals surface area contributed by atoms with E-state index in [2.05, 4.69) is 9.97 Å². The molecule has 2 aromatic heterocycles. The van der Waals surface area contributed by atoms with Gasteiger partial charge >= 0.3 is 0 Å². The number of rotatable bonds is 4. The van der Waals surface area contributed by atoms with Crippen molar-refractivity contribution in [1.82, 2.24) is 9.97 Å². The Kier molecular flexibility index (Phi) is 3.86. The number of aryl methyl sites for hydroxylation is 2. The van der Waals surface area contributed by atoms with Crippen molar-refractivity contribution in [1.29, 1.82) is 0 Å². The van der Waals surface area contributed by atoms with Crippen LogP contribution in [-0.4, -0.2) is 14.9 Å². The minimum absolute atomic E-state index is 0.0788. The van der Waals surface area contributed by atoms with Gasteiger partial charge in [-0.3, -0.25) is 10.1 Å². The molecular weight excluding hydrogens is 326 g/mol. The average Bonchev–Trinajstić information content (AvgIpc) is 2.99. The monoisotopic (exact) mass is 341 g/mol. The quantitative estimate of drug-likeness (QED) is 0.528. The maximum absolute atomic E-state index is 10.7. The highest BCUT2D eigenvalue weighted by Crippen LogP contribution is 2.39. The molecule has 1 aliphatic carbocycles. The first-order chi connectivity index (χ1) is 11.7. The zero-order chi connectivity index (χ0) is 16.5. The fourth-order valence-corrected chi connectivity index (χ4v) is 4.26. The van der Waals surface area contributed by atoms with Gasteiger partial charge in [0.25, 0.3) is 5.69 Å². The maximum Gasteiger partial charge on any atom is 0.269 e. The summed E-state index contributed by atoms with van der Waals surface area (Å²) < 4.78 is 5.92. The maximum atomic E-state index is 10.7. The second-order valence-corrected chi connectivity index (χ2v) is 6.87. The van der Waals surface area contributed by atoms with Gasteiger partial charge in [0.2, 0.25) is 5.88 Å². The van der Waals surface area contributed by atoms with E-state index in [-0.39, 0.29) is 5.69 Å². The first kappa shape index (κ1) is 15.0. The van der Waals surface area contributed by atoms with E-state index in [1.54, 1.807) is 23.5 Å². The lowest BCUT2D eigenvalue weighted by atomic mass is 9.97. The number of hydrogen-bond acceptors (Lipinski definition) is 6. The number of non-ortho nitro benzene ring substituents is 1. The van der Waals surface area contributed by atoms with Crippen molar-refractivity contribution >= 4 is 27.2 Å². The molecule has 2 heterocycles. The SMILES string of the molecule is O=[N+]([O-])c1ccc(COc2ncnc3sc4c(c23)CCCC4)cc1. The Morgan fingerprint density at radius 3 is 2.75 bits per heavy atom. The molecule has 1 aliphatic rings. The molecule has 4 rings (SSSR count). The van der Waals surface area contributed by atoms with Gasteiger partial charge in [0.1, 0.15) is 17.8 Å². The van der Waals surface area contributed by atoms with Gasteiger partial charge in [-0.2, -0.15) is 0 Å². The molecule has 0 saturated carbocycles. The Labute approximate surface area is 142 Å². The third-order valence-electron chi connectivity index (χ3n) is 4.24. The van der Waals surface area contributed by atoms with E-state index < -0.39 is 4.92 Å². The Balaban J connectivity index is 1.60. The van der Waals surface area contributed by atoms with Gasteiger partial charge in [-0.25, -0.2) is 9.97 Å². The van der Waals surface area contributed by atoms with Crippen LogP contribution in [0.5, 0.6) is 5.88 Å². The zero-order valence-electron chi connectivity index (χ0n) is 12.9. The van der Waals surface area contributed by atoms with Crippen LogP contribution in [0.2, 0.25) is 0 Å². The van der Waals surface area contributed by atoms with E-state index in [1.807, 2.05) is 0 Å². The van der Waals surface area contributed by atoms with Crippen molar-refractivity contribution in [2.75, 3.05) is 0 Å². The highest BCUT2D eigenvalue weighted by atomic mass is 32.1. The van der Waals surface area contributed by atoms with E-state index in [9.17, 15) is 10.1 Å². The van der Waals surface area contributed by atoms with Crippen LogP contribution in [0.15, 0.2) is 30.6 Å². The van der Waals surface area contributed by atoms with Gasteiger partial charge in [0.05, 0.1) is 10.3 Å². The first-order valence-electron chi connectivity index (χ1n) is 7.84. The van der Waals surface area contributed by atoms with E-state index in [0.717, 1.165) is 28.6 Å². The topological polar surface area (TPSA) is 78.2 Å². The van der Waals surface area contributed by atoms with Crippen molar-refractivity contribution in [2.24, 2.45) is 0 Å². The highest BCUT2D eigenvalue weighted by molar-refractivity contribution is 7.18. The molecule has 1 aromatic carbocycles. The Morgan fingerprint density at radius 2 is 1.96 bits per heavy atom. The second kappa shape index (κ2) is 6.16. The number of ether oxygens (including phenoxy) is 1. The number of nitro groups is 1. The fraction of sp³-hybridized carbons (Fsp3) is 0.294. The Morgan fingerprint density at radius 1 is 1.17 bits per heavy atom. The smallest absolute Gasteiger partial charge is 0.269 e. The molecule has 6 nitrogen and oxygen atoms in total. The molecular formula is C17H15N3O3S. The van der Waals surface area contributed by atoms with Crippen LogP contribution in [0.4, 0.5) is 5.69 Å². The van der Waals surface area contributed by atoms with Crippen molar-refractivity contribution in [3.63, 3.8) is 0 Å². The molecule has 0 saturated heterocycles. The molecule has 0 spiro atoms. The van der Waals surface area contributed by atoms with Gasteiger partial charge < -0.3 is 4.74 Å². The molecule has 0 bridgehead atoms. The van der Waals surface area contributed by atoms with Crippen LogP contribution in [0, 0.1) is 10.1 Å². The molecule has 0 unspecified atom stereocenters.